The summed E-state index contributed by atoms with van der Waals surface area (Å²) in [7, 11) is 0. The smallest absolute Gasteiger partial charge is 0.133 e. The molecule has 0 amide bonds. The molecule has 0 unspecified atom stereocenters. The Balaban J connectivity index is 0.00000242. The number of benzene rings is 1. The minimum absolute atomic E-state index is 0. The van der Waals surface area contributed by atoms with Gasteiger partial charge in [0.15, 0.2) is 0 Å². The summed E-state index contributed by atoms with van der Waals surface area (Å²) in [5, 5.41) is 3.30. The minimum Gasteiger partial charge on any atom is -0.314 e. The van der Waals surface area contributed by atoms with Crippen molar-refractivity contribution >= 4 is 24.8 Å². The molecule has 1 N–H and O–H groups in total. The second-order valence-electron chi connectivity index (χ2n) is 6.36. The van der Waals surface area contributed by atoms with Gasteiger partial charge in [-0.1, -0.05) is 19.9 Å². The molecule has 1 heterocycles. The first-order valence-electron chi connectivity index (χ1n) is 7.90. The van der Waals surface area contributed by atoms with Gasteiger partial charge in [-0.2, -0.15) is 0 Å². The van der Waals surface area contributed by atoms with E-state index >= 15 is 0 Å². The van der Waals surface area contributed by atoms with Gasteiger partial charge < -0.3 is 5.32 Å². The Kier molecular flexibility index (Phi) is 10.3. The Morgan fingerprint density at radius 3 is 2.26 bits per heavy atom. The molecule has 1 atom stereocenters. The molecule has 0 aliphatic carbocycles. The van der Waals surface area contributed by atoms with Crippen molar-refractivity contribution in [1.29, 1.82) is 0 Å². The van der Waals surface area contributed by atoms with Gasteiger partial charge in [-0.15, -0.1) is 24.8 Å². The highest BCUT2D eigenvalue weighted by molar-refractivity contribution is 5.85. The molecule has 1 fully saturated rings. The molecule has 0 aromatic heterocycles. The first-order chi connectivity index (χ1) is 10.0. The van der Waals surface area contributed by atoms with Crippen LogP contribution in [0.1, 0.15) is 43.9 Å². The summed E-state index contributed by atoms with van der Waals surface area (Å²) >= 11 is 0. The largest absolute Gasteiger partial charge is 0.314 e. The Bertz CT molecular complexity index is 478. The molecule has 1 aliphatic heterocycles. The van der Waals surface area contributed by atoms with Gasteiger partial charge in [0.2, 0.25) is 0 Å². The predicted molar refractivity (Wildman–Crippen MR) is 96.8 cm³/mol. The maximum atomic E-state index is 14.5. The summed E-state index contributed by atoms with van der Waals surface area (Å²) in [5.74, 6) is -0.251. The summed E-state index contributed by atoms with van der Waals surface area (Å²) in [4.78, 5) is 2.22. The van der Waals surface area contributed by atoms with Gasteiger partial charge >= 0.3 is 0 Å². The third-order valence-corrected chi connectivity index (χ3v) is 4.26. The SMILES string of the molecule is Cc1ccc(F)c([C@H](CCC(C)C)N2CCNCC2)c1F.Cl.Cl. The number of hydrogen-bond acceptors (Lipinski definition) is 2. The van der Waals surface area contributed by atoms with E-state index in [1.165, 1.54) is 12.1 Å². The van der Waals surface area contributed by atoms with E-state index in [4.69, 9.17) is 0 Å². The van der Waals surface area contributed by atoms with Gasteiger partial charge in [0.25, 0.3) is 0 Å². The highest BCUT2D eigenvalue weighted by Gasteiger charge is 2.28. The standard InChI is InChI=1S/C17H26F2N2.2ClH/c1-12(2)4-7-15(21-10-8-20-9-11-21)16-14(18)6-5-13(3)17(16)19;;/h5-6,12,15,20H,4,7-11H2,1-3H3;2*1H/t15-;;/m0../s1. The van der Waals surface area contributed by atoms with Crippen LogP contribution in [0.5, 0.6) is 0 Å². The molecule has 1 saturated heterocycles. The maximum Gasteiger partial charge on any atom is 0.133 e. The van der Waals surface area contributed by atoms with Crippen LogP contribution in [0.4, 0.5) is 8.78 Å². The molecule has 0 radical (unpaired) electrons. The zero-order chi connectivity index (χ0) is 15.4. The van der Waals surface area contributed by atoms with Crippen molar-refractivity contribution < 1.29 is 8.78 Å². The Morgan fingerprint density at radius 1 is 1.09 bits per heavy atom. The van der Waals surface area contributed by atoms with E-state index in [-0.39, 0.29) is 42.2 Å². The van der Waals surface area contributed by atoms with E-state index in [1.54, 1.807) is 6.92 Å². The second kappa shape index (κ2) is 10.4. The molecule has 2 nitrogen and oxygen atoms in total. The predicted octanol–water partition coefficient (Wildman–Crippen LogP) is 4.50. The van der Waals surface area contributed by atoms with E-state index < -0.39 is 5.82 Å². The third kappa shape index (κ3) is 5.86. The molecule has 1 aliphatic rings. The van der Waals surface area contributed by atoms with E-state index in [1.807, 2.05) is 0 Å². The number of rotatable bonds is 5. The lowest BCUT2D eigenvalue weighted by atomic mass is 9.93. The zero-order valence-corrected chi connectivity index (χ0v) is 15.7. The zero-order valence-electron chi connectivity index (χ0n) is 14.1. The molecule has 2 rings (SSSR count). The lowest BCUT2D eigenvalue weighted by Gasteiger charge is -2.36. The van der Waals surface area contributed by atoms with Gasteiger partial charge in [-0.25, -0.2) is 8.78 Å². The van der Waals surface area contributed by atoms with E-state index in [2.05, 4.69) is 24.1 Å². The number of aryl methyl sites for hydroxylation is 1. The summed E-state index contributed by atoms with van der Waals surface area (Å²) in [5.41, 5.74) is 0.786. The van der Waals surface area contributed by atoms with Crippen molar-refractivity contribution in [3.05, 3.63) is 34.9 Å². The number of nitrogens with zero attached hydrogens (tertiary/aromatic N) is 1. The van der Waals surface area contributed by atoms with Crippen LogP contribution in [0.15, 0.2) is 12.1 Å². The van der Waals surface area contributed by atoms with Crippen molar-refractivity contribution in [2.75, 3.05) is 26.2 Å². The van der Waals surface area contributed by atoms with Crippen molar-refractivity contribution in [2.24, 2.45) is 5.92 Å². The van der Waals surface area contributed by atoms with Gasteiger partial charge in [0.1, 0.15) is 11.6 Å². The quantitative estimate of drug-likeness (QED) is 0.822. The number of hydrogen-bond donors (Lipinski definition) is 1. The average Bonchev–Trinajstić information content (AvgIpc) is 2.47. The third-order valence-electron chi connectivity index (χ3n) is 4.26. The number of nitrogens with one attached hydrogen (secondary N) is 1. The fraction of sp³-hybridized carbons (Fsp3) is 0.647. The van der Waals surface area contributed by atoms with Crippen molar-refractivity contribution in [3.8, 4) is 0 Å². The molecular weight excluding hydrogens is 341 g/mol. The van der Waals surface area contributed by atoms with Gasteiger partial charge in [0.05, 0.1) is 0 Å². The Hall–Kier alpha value is -0.420. The summed E-state index contributed by atoms with van der Waals surface area (Å²) in [6.45, 7) is 9.46. The maximum absolute atomic E-state index is 14.5. The minimum atomic E-state index is -0.412. The molecule has 0 saturated carbocycles. The molecule has 0 spiro atoms. The monoisotopic (exact) mass is 368 g/mol. The van der Waals surface area contributed by atoms with Crippen LogP contribution in [0.2, 0.25) is 0 Å². The summed E-state index contributed by atoms with van der Waals surface area (Å²) in [6.07, 6.45) is 1.77. The molecule has 0 bridgehead atoms. The summed E-state index contributed by atoms with van der Waals surface area (Å²) in [6, 6.07) is 2.76. The highest BCUT2D eigenvalue weighted by atomic mass is 35.5. The van der Waals surface area contributed by atoms with Crippen LogP contribution in [0, 0.1) is 24.5 Å². The molecule has 134 valence electrons. The van der Waals surface area contributed by atoms with Gasteiger partial charge in [0, 0.05) is 37.8 Å². The lowest BCUT2D eigenvalue weighted by Crippen LogP contribution is -2.45. The first-order valence-corrected chi connectivity index (χ1v) is 7.90. The second-order valence-corrected chi connectivity index (χ2v) is 6.36. The normalized spacial score (nSPS) is 16.6. The fourth-order valence-corrected chi connectivity index (χ4v) is 2.98. The van der Waals surface area contributed by atoms with Crippen LogP contribution in [-0.2, 0) is 0 Å². The molecule has 6 heteroatoms. The molecule has 23 heavy (non-hydrogen) atoms. The first kappa shape index (κ1) is 22.6. The topological polar surface area (TPSA) is 15.3 Å². The highest BCUT2D eigenvalue weighted by Crippen LogP contribution is 2.32. The molecule has 1 aromatic rings. The van der Waals surface area contributed by atoms with Gasteiger partial charge in [-0.05, 0) is 37.3 Å². The van der Waals surface area contributed by atoms with Crippen molar-refractivity contribution in [1.82, 2.24) is 10.2 Å². The van der Waals surface area contributed by atoms with E-state index in [9.17, 15) is 8.78 Å². The number of piperazine rings is 1. The number of halogens is 4. The van der Waals surface area contributed by atoms with E-state index in [0.29, 0.717) is 11.5 Å². The van der Waals surface area contributed by atoms with Crippen LogP contribution < -0.4 is 5.32 Å². The van der Waals surface area contributed by atoms with Crippen LogP contribution >= 0.6 is 24.8 Å². The van der Waals surface area contributed by atoms with Crippen LogP contribution in [-0.4, -0.2) is 31.1 Å². The van der Waals surface area contributed by atoms with Crippen LogP contribution in [0.3, 0.4) is 0 Å². The molecular formula is C17H28Cl2F2N2. The fourth-order valence-electron chi connectivity index (χ4n) is 2.98. The summed E-state index contributed by atoms with van der Waals surface area (Å²) < 4.78 is 28.8. The molecule has 1 aromatic carbocycles. The van der Waals surface area contributed by atoms with Crippen molar-refractivity contribution in [2.45, 2.75) is 39.7 Å². The Morgan fingerprint density at radius 2 is 1.70 bits per heavy atom. The van der Waals surface area contributed by atoms with Gasteiger partial charge in [-0.3, -0.25) is 4.90 Å². The lowest BCUT2D eigenvalue weighted by molar-refractivity contribution is 0.153. The van der Waals surface area contributed by atoms with E-state index in [0.717, 1.165) is 39.0 Å². The Labute approximate surface area is 150 Å². The average molecular weight is 369 g/mol. The van der Waals surface area contributed by atoms with Crippen molar-refractivity contribution in [3.63, 3.8) is 0 Å². The van der Waals surface area contributed by atoms with Crippen LogP contribution in [0.25, 0.3) is 0 Å².